The van der Waals surface area contributed by atoms with Crippen molar-refractivity contribution < 1.29 is 56.8 Å². The van der Waals surface area contributed by atoms with Gasteiger partial charge in [0.05, 0.1) is 101 Å². The van der Waals surface area contributed by atoms with Gasteiger partial charge in [-0.25, -0.2) is 29.9 Å². The molecule has 72 heavy (non-hydrogen) atoms. The Hall–Kier alpha value is -6.88. The average Bonchev–Trinajstić information content (AvgIpc) is 4.15. The molecule has 378 valence electrons. The van der Waals surface area contributed by atoms with Crippen molar-refractivity contribution in [2.75, 3.05) is 134 Å². The fraction of sp³-hybridized carbons (Fsp3) is 0.385. The van der Waals surface area contributed by atoms with Crippen molar-refractivity contribution in [1.29, 1.82) is 0 Å². The number of hydrogen-bond donors (Lipinski definition) is 2. The maximum atomic E-state index is 6.42. The largest absolute Gasteiger partial charge is 0.490 e. The summed E-state index contributed by atoms with van der Waals surface area (Å²) < 4.78 is 69.3. The van der Waals surface area contributed by atoms with E-state index in [1.165, 1.54) is 0 Å². The van der Waals surface area contributed by atoms with Gasteiger partial charge in [0.2, 0.25) is 0 Å². The number of nitrogens with one attached hydrogen (secondary N) is 2. The lowest BCUT2D eigenvalue weighted by molar-refractivity contribution is 0.0545. The molecule has 0 saturated carbocycles. The lowest BCUT2D eigenvalue weighted by Gasteiger charge is -2.10. The summed E-state index contributed by atoms with van der Waals surface area (Å²) in [4.78, 5) is 38.4. The third-order valence-corrected chi connectivity index (χ3v) is 11.5. The molecule has 8 bridgehead atoms. The Morgan fingerprint density at radius 2 is 0.639 bits per heavy atom. The van der Waals surface area contributed by atoms with Gasteiger partial charge in [-0.05, 0) is 24.3 Å². The van der Waals surface area contributed by atoms with Crippen LogP contribution in [0.2, 0.25) is 0 Å². The molecule has 0 saturated heterocycles. The Morgan fingerprint density at radius 3 is 1.01 bits per heavy atom. The fourth-order valence-corrected chi connectivity index (χ4v) is 8.16. The van der Waals surface area contributed by atoms with Crippen LogP contribution in [0.4, 0.5) is 0 Å². The molecule has 3 aromatic heterocycles. The van der Waals surface area contributed by atoms with Crippen LogP contribution >= 0.6 is 0 Å². The number of ether oxygens (including phenoxy) is 12. The molecule has 7 aromatic rings. The van der Waals surface area contributed by atoms with Crippen LogP contribution in [0.3, 0.4) is 0 Å². The van der Waals surface area contributed by atoms with Crippen molar-refractivity contribution >= 4 is 44.1 Å². The number of aromatic nitrogens is 8. The molecule has 9 rings (SSSR count). The second kappa shape index (κ2) is 25.0. The van der Waals surface area contributed by atoms with Crippen LogP contribution in [0, 0.1) is 0 Å². The summed E-state index contributed by atoms with van der Waals surface area (Å²) in [5.74, 6) is 3.71. The normalized spacial score (nSPS) is 11.8. The molecule has 4 aromatic carbocycles. The molecule has 0 amide bonds. The molecule has 20 heteroatoms. The van der Waals surface area contributed by atoms with Gasteiger partial charge in [-0.1, -0.05) is 48.5 Å². The summed E-state index contributed by atoms with van der Waals surface area (Å²) >= 11 is 0. The van der Waals surface area contributed by atoms with E-state index in [0.717, 1.165) is 10.8 Å². The number of aromatic amines is 2. The van der Waals surface area contributed by atoms with Crippen LogP contribution in [0.25, 0.3) is 89.7 Å². The number of H-pyrrole nitrogens is 2. The van der Waals surface area contributed by atoms with E-state index in [1.54, 1.807) is 28.4 Å². The van der Waals surface area contributed by atoms with E-state index < -0.39 is 0 Å². The molecule has 0 spiro atoms. The van der Waals surface area contributed by atoms with Crippen LogP contribution < -0.4 is 18.9 Å². The summed E-state index contributed by atoms with van der Waals surface area (Å²) in [6.07, 6.45) is 0. The molecular formula is C52H58N8O12. The lowest BCUT2D eigenvalue weighted by Crippen LogP contribution is -2.10. The molecule has 2 aliphatic heterocycles. The third kappa shape index (κ3) is 11.6. The van der Waals surface area contributed by atoms with E-state index in [0.29, 0.717) is 181 Å². The molecule has 0 aliphatic carbocycles. The minimum atomic E-state index is 0.267. The van der Waals surface area contributed by atoms with Crippen LogP contribution in [0.15, 0.2) is 72.8 Å². The van der Waals surface area contributed by atoms with Gasteiger partial charge in [0.1, 0.15) is 72.0 Å². The maximum Gasteiger partial charge on any atom is 0.168 e. The van der Waals surface area contributed by atoms with Gasteiger partial charge >= 0.3 is 0 Å². The molecule has 0 atom stereocenters. The van der Waals surface area contributed by atoms with Crippen LogP contribution in [0.5, 0.6) is 23.0 Å². The average molecular weight is 987 g/mol. The van der Waals surface area contributed by atoms with E-state index >= 15 is 0 Å². The molecule has 0 radical (unpaired) electrons. The molecule has 20 nitrogen and oxygen atoms in total. The molecule has 2 aliphatic rings. The minimum Gasteiger partial charge on any atom is -0.490 e. The number of methoxy groups -OCH3 is 4. The first-order chi connectivity index (χ1) is 35.6. The van der Waals surface area contributed by atoms with Gasteiger partial charge in [0.15, 0.2) is 23.3 Å². The molecule has 0 unspecified atom stereocenters. The Balaban J connectivity index is 1.27. The zero-order valence-corrected chi connectivity index (χ0v) is 40.8. The summed E-state index contributed by atoms with van der Waals surface area (Å²) in [7, 11) is 6.54. The standard InChI is InChI=1S/C52H58N8O12/c1-61-17-21-65-25-29-69-37-13-5-9-33-41(37)49-53-45(33)58-50-43-35(11-7-15-39(43)71-31-27-67-23-19-63-3)47(55-50)60-52-44-36(12-8-16-40(44)72-32-28-68-24-20-64-4)48(56-52)59-51-42-34(46(54-51)57-49)10-6-14-38(42)70-30-26-66-22-18-62-2/h5-16H,17-32H2,1-4H3,(H2,53,54,55,56,57,58,59,60). The highest BCUT2D eigenvalue weighted by Gasteiger charge is 2.27. The van der Waals surface area contributed by atoms with Crippen molar-refractivity contribution in [3.05, 3.63) is 72.8 Å². The van der Waals surface area contributed by atoms with Crippen LogP contribution in [-0.2, 0) is 37.9 Å². The molecule has 0 fully saturated rings. The van der Waals surface area contributed by atoms with Crippen molar-refractivity contribution in [1.82, 2.24) is 39.9 Å². The highest BCUT2D eigenvalue weighted by Crippen LogP contribution is 2.44. The van der Waals surface area contributed by atoms with Crippen molar-refractivity contribution in [3.8, 4) is 68.5 Å². The molecule has 5 heterocycles. The van der Waals surface area contributed by atoms with Gasteiger partial charge in [-0.2, -0.15) is 0 Å². The van der Waals surface area contributed by atoms with Crippen molar-refractivity contribution in [3.63, 3.8) is 0 Å². The predicted molar refractivity (Wildman–Crippen MR) is 269 cm³/mol. The fourth-order valence-electron chi connectivity index (χ4n) is 8.16. The van der Waals surface area contributed by atoms with Crippen molar-refractivity contribution in [2.45, 2.75) is 0 Å². The van der Waals surface area contributed by atoms with Crippen LogP contribution in [-0.4, -0.2) is 174 Å². The number of hydrogen-bond acceptors (Lipinski definition) is 18. The predicted octanol–water partition coefficient (Wildman–Crippen LogP) is 7.04. The van der Waals surface area contributed by atoms with E-state index in [2.05, 4.69) is 9.97 Å². The second-order valence-electron chi connectivity index (χ2n) is 16.1. The topological polar surface area (TPSA) is 220 Å². The quantitative estimate of drug-likeness (QED) is 0.0470. The number of nitrogens with zero attached hydrogens (tertiary/aromatic N) is 6. The number of fused-ring (bicyclic) bond motifs is 20. The summed E-state index contributed by atoms with van der Waals surface area (Å²) in [6.45, 7) is 6.09. The van der Waals surface area contributed by atoms with E-state index in [4.69, 9.17) is 86.7 Å². The monoisotopic (exact) mass is 986 g/mol. The number of rotatable bonds is 28. The minimum absolute atomic E-state index is 0.267. The number of benzene rings is 4. The lowest BCUT2D eigenvalue weighted by atomic mass is 10.1. The zero-order chi connectivity index (χ0) is 49.5. The van der Waals surface area contributed by atoms with Gasteiger partial charge in [0.25, 0.3) is 0 Å². The zero-order valence-electron chi connectivity index (χ0n) is 40.8. The van der Waals surface area contributed by atoms with Gasteiger partial charge in [-0.3, -0.25) is 0 Å². The van der Waals surface area contributed by atoms with E-state index in [1.807, 2.05) is 72.8 Å². The first-order valence-electron chi connectivity index (χ1n) is 23.7. The smallest absolute Gasteiger partial charge is 0.168 e. The summed E-state index contributed by atoms with van der Waals surface area (Å²) in [6, 6.07) is 23.0. The maximum absolute atomic E-state index is 6.42. The Morgan fingerprint density at radius 1 is 0.319 bits per heavy atom. The van der Waals surface area contributed by atoms with E-state index in [-0.39, 0.29) is 26.4 Å². The first kappa shape index (κ1) is 50.1. The SMILES string of the molecule is COCCOCCOc1cccc2c1-c1nc-2nc2[nH]c(nc3nc(nc4[nH]c(n1)c1cccc(OCCOCCOC)c41)-c1cccc(OCCOCCOC)c1-3)c1cccc(OCCOCCOC)c21. The van der Waals surface area contributed by atoms with Gasteiger partial charge < -0.3 is 66.8 Å². The molecule has 2 N–H and O–H groups in total. The van der Waals surface area contributed by atoms with Crippen molar-refractivity contribution in [2.24, 2.45) is 0 Å². The Labute approximate surface area is 415 Å². The van der Waals surface area contributed by atoms with Crippen LogP contribution in [0.1, 0.15) is 0 Å². The Kier molecular flexibility index (Phi) is 17.4. The van der Waals surface area contributed by atoms with Gasteiger partial charge in [-0.15, -0.1) is 0 Å². The summed E-state index contributed by atoms with van der Waals surface area (Å²) in [5.41, 5.74) is 4.51. The molecular weight excluding hydrogens is 929 g/mol. The highest BCUT2D eigenvalue weighted by molar-refractivity contribution is 6.10. The van der Waals surface area contributed by atoms with E-state index in [9.17, 15) is 0 Å². The first-order valence-corrected chi connectivity index (χ1v) is 23.7. The van der Waals surface area contributed by atoms with Gasteiger partial charge in [0, 0.05) is 50.3 Å². The third-order valence-electron chi connectivity index (χ3n) is 11.5. The summed E-state index contributed by atoms with van der Waals surface area (Å²) in [5, 5.41) is 2.80. The Bertz CT molecular complexity index is 2910. The second-order valence-corrected chi connectivity index (χ2v) is 16.1. The highest BCUT2D eigenvalue weighted by atomic mass is 16.6.